The highest BCUT2D eigenvalue weighted by Gasteiger charge is 2.35. The topological polar surface area (TPSA) is 107 Å². The molecule has 150 valence electrons. The number of hydrogen-bond acceptors (Lipinski definition) is 7. The maximum atomic E-state index is 12.5. The van der Waals surface area contributed by atoms with Crippen LogP contribution in [0.1, 0.15) is 18.2 Å². The molecule has 1 amide bonds. The molecule has 1 fully saturated rings. The molecule has 9 heteroatoms. The number of carbonyl (C=O) groups excluding carboxylic acids is 1. The second-order valence-corrected chi connectivity index (χ2v) is 7.20. The summed E-state index contributed by atoms with van der Waals surface area (Å²) in [5.41, 5.74) is 1.35. The molecule has 1 saturated heterocycles. The van der Waals surface area contributed by atoms with Crippen molar-refractivity contribution in [2.45, 2.75) is 18.9 Å². The molecule has 0 saturated carbocycles. The molecule has 0 radical (unpaired) electrons. The van der Waals surface area contributed by atoms with Gasteiger partial charge in [-0.25, -0.2) is 4.98 Å². The van der Waals surface area contributed by atoms with Gasteiger partial charge in [0.05, 0.1) is 23.1 Å². The van der Waals surface area contributed by atoms with Crippen LogP contribution in [0.3, 0.4) is 0 Å². The first-order valence-corrected chi connectivity index (χ1v) is 9.65. The number of para-hydroxylation sites is 1. The van der Waals surface area contributed by atoms with Crippen LogP contribution in [0.5, 0.6) is 0 Å². The van der Waals surface area contributed by atoms with Gasteiger partial charge < -0.3 is 9.42 Å². The van der Waals surface area contributed by atoms with E-state index >= 15 is 0 Å². The lowest BCUT2D eigenvalue weighted by Crippen LogP contribution is -2.48. The maximum Gasteiger partial charge on any atom is 0.261 e. The van der Waals surface area contributed by atoms with E-state index < -0.39 is 0 Å². The van der Waals surface area contributed by atoms with E-state index in [0.29, 0.717) is 42.3 Å². The lowest BCUT2D eigenvalue weighted by atomic mass is 9.99. The Balaban J connectivity index is 1.18. The Morgan fingerprint density at radius 1 is 1.13 bits per heavy atom. The minimum Gasteiger partial charge on any atom is -0.341 e. The highest BCUT2D eigenvalue weighted by molar-refractivity contribution is 5.78. The number of aromatic nitrogens is 5. The van der Waals surface area contributed by atoms with Crippen molar-refractivity contribution in [1.82, 2.24) is 29.6 Å². The average Bonchev–Trinajstić information content (AvgIpc) is 3.23. The molecule has 1 aliphatic heterocycles. The zero-order chi connectivity index (χ0) is 20.5. The zero-order valence-corrected chi connectivity index (χ0v) is 16.0. The Bertz CT molecular complexity index is 1260. The standard InChI is InChI=1S/C21H18N6O3/c28-18(7-10-26-13-23-17-4-2-1-3-16(17)21(26)29)27-11-15(12-27)20-24-19(25-30-20)14-5-8-22-9-6-14/h1-6,8-9,13,15H,7,10-12H2. The molecule has 4 aromatic rings. The molecular weight excluding hydrogens is 384 g/mol. The summed E-state index contributed by atoms with van der Waals surface area (Å²) in [4.78, 5) is 39.4. The van der Waals surface area contributed by atoms with Crippen LogP contribution in [-0.2, 0) is 11.3 Å². The highest BCUT2D eigenvalue weighted by Crippen LogP contribution is 2.28. The van der Waals surface area contributed by atoms with Crippen molar-refractivity contribution >= 4 is 16.8 Å². The first-order chi connectivity index (χ1) is 14.7. The predicted molar refractivity (Wildman–Crippen MR) is 107 cm³/mol. The van der Waals surface area contributed by atoms with Crippen LogP contribution in [0.2, 0.25) is 0 Å². The molecule has 0 aliphatic carbocycles. The molecule has 9 nitrogen and oxygen atoms in total. The van der Waals surface area contributed by atoms with Crippen molar-refractivity contribution in [2.24, 2.45) is 0 Å². The van der Waals surface area contributed by atoms with Crippen LogP contribution in [-0.4, -0.2) is 48.6 Å². The van der Waals surface area contributed by atoms with Crippen LogP contribution in [0.25, 0.3) is 22.3 Å². The summed E-state index contributed by atoms with van der Waals surface area (Å²) >= 11 is 0. The first-order valence-electron chi connectivity index (χ1n) is 9.65. The molecule has 30 heavy (non-hydrogen) atoms. The summed E-state index contributed by atoms with van der Waals surface area (Å²) in [5, 5.41) is 4.56. The van der Waals surface area contributed by atoms with Crippen molar-refractivity contribution < 1.29 is 9.32 Å². The van der Waals surface area contributed by atoms with Crippen LogP contribution in [0, 0.1) is 0 Å². The summed E-state index contributed by atoms with van der Waals surface area (Å²) in [6, 6.07) is 10.8. The Hall–Kier alpha value is -3.88. The van der Waals surface area contributed by atoms with E-state index in [9.17, 15) is 9.59 Å². The molecule has 1 aromatic carbocycles. The van der Waals surface area contributed by atoms with Gasteiger partial charge >= 0.3 is 0 Å². The van der Waals surface area contributed by atoms with Crippen LogP contribution in [0.15, 0.2) is 64.4 Å². The monoisotopic (exact) mass is 402 g/mol. The number of fused-ring (bicyclic) bond motifs is 1. The second-order valence-electron chi connectivity index (χ2n) is 7.20. The summed E-state index contributed by atoms with van der Waals surface area (Å²) in [5.74, 6) is 1.06. The van der Waals surface area contributed by atoms with Gasteiger partial charge in [0, 0.05) is 44.0 Å². The number of aryl methyl sites for hydroxylation is 1. The molecule has 0 spiro atoms. The van der Waals surface area contributed by atoms with E-state index in [2.05, 4.69) is 20.1 Å². The molecule has 5 rings (SSSR count). The normalized spacial score (nSPS) is 14.1. The Labute approximate surface area is 171 Å². The van der Waals surface area contributed by atoms with Crippen molar-refractivity contribution in [1.29, 1.82) is 0 Å². The predicted octanol–water partition coefficient (Wildman–Crippen LogP) is 1.86. The van der Waals surface area contributed by atoms with Gasteiger partial charge in [0.25, 0.3) is 5.56 Å². The van der Waals surface area contributed by atoms with Gasteiger partial charge in [-0.05, 0) is 24.3 Å². The van der Waals surface area contributed by atoms with E-state index in [1.165, 1.54) is 10.9 Å². The smallest absolute Gasteiger partial charge is 0.261 e. The second kappa shape index (κ2) is 7.51. The minimum atomic E-state index is -0.135. The summed E-state index contributed by atoms with van der Waals surface area (Å²) in [6.07, 6.45) is 5.08. The number of benzene rings is 1. The van der Waals surface area contributed by atoms with Gasteiger partial charge in [-0.3, -0.25) is 19.1 Å². The molecule has 0 atom stereocenters. The van der Waals surface area contributed by atoms with Crippen molar-refractivity contribution in [3.63, 3.8) is 0 Å². The van der Waals surface area contributed by atoms with Gasteiger partial charge in [0.2, 0.25) is 17.6 Å². The van der Waals surface area contributed by atoms with Gasteiger partial charge in [-0.1, -0.05) is 17.3 Å². The van der Waals surface area contributed by atoms with Gasteiger partial charge in [-0.15, -0.1) is 0 Å². The van der Waals surface area contributed by atoms with Crippen LogP contribution >= 0.6 is 0 Å². The lowest BCUT2D eigenvalue weighted by molar-refractivity contribution is -0.136. The largest absolute Gasteiger partial charge is 0.341 e. The third-order valence-corrected chi connectivity index (χ3v) is 5.26. The summed E-state index contributed by atoms with van der Waals surface area (Å²) < 4.78 is 6.85. The van der Waals surface area contributed by atoms with E-state index in [4.69, 9.17) is 4.52 Å². The summed E-state index contributed by atoms with van der Waals surface area (Å²) in [6.45, 7) is 1.35. The Morgan fingerprint density at radius 3 is 2.77 bits per heavy atom. The Kier molecular flexibility index (Phi) is 4.55. The average molecular weight is 402 g/mol. The van der Waals surface area contributed by atoms with E-state index in [-0.39, 0.29) is 23.8 Å². The Morgan fingerprint density at radius 2 is 1.93 bits per heavy atom. The van der Waals surface area contributed by atoms with Gasteiger partial charge in [0.1, 0.15) is 0 Å². The molecule has 1 aliphatic rings. The lowest BCUT2D eigenvalue weighted by Gasteiger charge is -2.37. The number of likely N-dealkylation sites (tertiary alicyclic amines) is 1. The van der Waals surface area contributed by atoms with Gasteiger partial charge in [0.15, 0.2) is 0 Å². The van der Waals surface area contributed by atoms with Crippen LogP contribution < -0.4 is 5.56 Å². The number of hydrogen-bond donors (Lipinski definition) is 0. The maximum absolute atomic E-state index is 12.5. The molecule has 0 unspecified atom stereocenters. The third-order valence-electron chi connectivity index (χ3n) is 5.26. The zero-order valence-electron chi connectivity index (χ0n) is 16.0. The van der Waals surface area contributed by atoms with Crippen molar-refractivity contribution in [3.8, 4) is 11.4 Å². The van der Waals surface area contributed by atoms with Crippen LogP contribution in [0.4, 0.5) is 0 Å². The molecular formula is C21H18N6O3. The van der Waals surface area contributed by atoms with E-state index in [0.717, 1.165) is 5.56 Å². The number of rotatable bonds is 5. The first kappa shape index (κ1) is 18.2. The fourth-order valence-corrected chi connectivity index (χ4v) is 3.50. The van der Waals surface area contributed by atoms with Crippen molar-refractivity contribution in [2.75, 3.05) is 13.1 Å². The van der Waals surface area contributed by atoms with E-state index in [1.54, 1.807) is 35.5 Å². The minimum absolute atomic E-state index is 0.0137. The van der Waals surface area contributed by atoms with E-state index in [1.807, 2.05) is 18.2 Å². The number of nitrogens with zero attached hydrogens (tertiary/aromatic N) is 6. The fraction of sp³-hybridized carbons (Fsp3) is 0.238. The number of pyridine rings is 1. The van der Waals surface area contributed by atoms with Crippen molar-refractivity contribution in [3.05, 3.63) is 71.4 Å². The molecule has 0 N–H and O–H groups in total. The number of carbonyl (C=O) groups is 1. The molecule has 4 heterocycles. The molecule has 0 bridgehead atoms. The highest BCUT2D eigenvalue weighted by atomic mass is 16.5. The SMILES string of the molecule is O=C(CCn1cnc2ccccc2c1=O)N1CC(c2nc(-c3ccncc3)no2)C1. The third kappa shape index (κ3) is 3.34. The number of amides is 1. The van der Waals surface area contributed by atoms with Gasteiger partial charge in [-0.2, -0.15) is 4.98 Å². The quantitative estimate of drug-likeness (QED) is 0.501. The summed E-state index contributed by atoms with van der Waals surface area (Å²) in [7, 11) is 0. The fourth-order valence-electron chi connectivity index (χ4n) is 3.50. The molecule has 3 aromatic heterocycles.